The maximum Gasteiger partial charge on any atom is 0.337 e. The Hall–Kier alpha value is -3.78. The highest BCUT2D eigenvalue weighted by Crippen LogP contribution is 2.48. The first-order valence-corrected chi connectivity index (χ1v) is 11.9. The van der Waals surface area contributed by atoms with Crippen LogP contribution in [0.3, 0.4) is 0 Å². The smallest absolute Gasteiger partial charge is 0.337 e. The fourth-order valence-corrected chi connectivity index (χ4v) is 5.16. The minimum Gasteiger partial charge on any atom is -0.479 e. The van der Waals surface area contributed by atoms with Crippen molar-refractivity contribution in [2.45, 2.75) is 52.9 Å². The molecule has 7 nitrogen and oxygen atoms in total. The highest BCUT2D eigenvalue weighted by Gasteiger charge is 2.36. The molecule has 4 aromatic rings. The molecule has 2 aromatic carbocycles. The van der Waals surface area contributed by atoms with E-state index >= 15 is 0 Å². The molecule has 0 bridgehead atoms. The lowest BCUT2D eigenvalue weighted by molar-refractivity contribution is -0.160. The predicted molar refractivity (Wildman–Crippen MR) is 137 cm³/mol. The summed E-state index contributed by atoms with van der Waals surface area (Å²) in [6, 6.07) is 10.0. The molecule has 36 heavy (non-hydrogen) atoms. The topological polar surface area (TPSA) is 80.5 Å². The quantitative estimate of drug-likeness (QED) is 0.374. The zero-order chi connectivity index (χ0) is 25.8. The van der Waals surface area contributed by atoms with Gasteiger partial charge in [0.05, 0.1) is 16.8 Å². The Morgan fingerprint density at radius 3 is 2.39 bits per heavy atom. The van der Waals surface area contributed by atoms with Gasteiger partial charge in [-0.15, -0.1) is 0 Å². The van der Waals surface area contributed by atoms with Crippen molar-refractivity contribution in [2.24, 2.45) is 0 Å². The second-order valence-electron chi connectivity index (χ2n) is 10.1. The Bertz CT molecular complexity index is 1460. The number of benzene rings is 2. The molecule has 0 unspecified atom stereocenters. The summed E-state index contributed by atoms with van der Waals surface area (Å²) < 4.78 is 22.3. The molecule has 0 saturated carbocycles. The molecule has 186 valence electrons. The number of carbonyl (C=O) groups is 1. The van der Waals surface area contributed by atoms with Crippen LogP contribution < -0.4 is 4.90 Å². The Morgan fingerprint density at radius 2 is 1.78 bits per heavy atom. The van der Waals surface area contributed by atoms with E-state index in [4.69, 9.17) is 4.74 Å². The fraction of sp³-hybridized carbons (Fsp3) is 0.321. The summed E-state index contributed by atoms with van der Waals surface area (Å²) in [5, 5.41) is 11.3. The third-order valence-corrected chi connectivity index (χ3v) is 6.53. The van der Waals surface area contributed by atoms with Crippen molar-refractivity contribution in [3.05, 3.63) is 71.4 Å². The predicted octanol–water partition coefficient (Wildman–Crippen LogP) is 5.95. The van der Waals surface area contributed by atoms with E-state index in [0.717, 1.165) is 45.5 Å². The number of nitrogens with zero attached hydrogens (tertiary/aromatic N) is 4. The molecule has 0 fully saturated rings. The Kier molecular flexibility index (Phi) is 5.79. The van der Waals surface area contributed by atoms with E-state index in [9.17, 15) is 14.3 Å². The summed E-state index contributed by atoms with van der Waals surface area (Å²) in [5.41, 5.74) is 4.97. The average Bonchev–Trinajstić information content (AvgIpc) is 3.17. The van der Waals surface area contributed by atoms with Crippen molar-refractivity contribution in [3.8, 4) is 11.1 Å². The van der Waals surface area contributed by atoms with Crippen LogP contribution in [0, 0.1) is 19.7 Å². The lowest BCUT2D eigenvalue weighted by Gasteiger charge is -2.34. The van der Waals surface area contributed by atoms with Crippen molar-refractivity contribution in [3.63, 3.8) is 0 Å². The van der Waals surface area contributed by atoms with E-state index in [1.807, 2.05) is 39.5 Å². The average molecular weight is 489 g/mol. The third kappa shape index (κ3) is 4.01. The zero-order valence-electron chi connectivity index (χ0n) is 21.0. The van der Waals surface area contributed by atoms with Gasteiger partial charge in [-0.1, -0.05) is 12.1 Å². The molecule has 0 radical (unpaired) electrons. The monoisotopic (exact) mass is 488 g/mol. The van der Waals surface area contributed by atoms with Gasteiger partial charge in [0.15, 0.2) is 6.10 Å². The number of ether oxygens (including phenoxy) is 1. The van der Waals surface area contributed by atoms with Gasteiger partial charge in [-0.2, -0.15) is 0 Å². The molecule has 0 saturated heterocycles. The van der Waals surface area contributed by atoms with Crippen molar-refractivity contribution in [1.82, 2.24) is 14.5 Å². The van der Waals surface area contributed by atoms with E-state index in [1.54, 1.807) is 30.6 Å². The number of hydrogen-bond donors (Lipinski definition) is 1. The molecule has 5 rings (SSSR count). The van der Waals surface area contributed by atoms with E-state index < -0.39 is 17.7 Å². The number of carboxylic acids is 1. The molecule has 8 heteroatoms. The summed E-state index contributed by atoms with van der Waals surface area (Å²) in [6.45, 7) is 10.8. The van der Waals surface area contributed by atoms with E-state index in [0.29, 0.717) is 18.1 Å². The van der Waals surface area contributed by atoms with Gasteiger partial charge in [-0.3, -0.25) is 0 Å². The molecule has 2 aromatic heterocycles. The van der Waals surface area contributed by atoms with E-state index in [-0.39, 0.29) is 5.82 Å². The summed E-state index contributed by atoms with van der Waals surface area (Å²) in [5.74, 6) is -0.888. The van der Waals surface area contributed by atoms with Crippen molar-refractivity contribution in [2.75, 3.05) is 11.4 Å². The first kappa shape index (κ1) is 23.9. The second-order valence-corrected chi connectivity index (χ2v) is 10.1. The molecular weight excluding hydrogens is 459 g/mol. The summed E-state index contributed by atoms with van der Waals surface area (Å²) >= 11 is 0. The standard InChI is InChI=1S/C28H29FN4O3/c1-16-15-20-22(18-7-9-19(29)10-8-18)21(25(26(34)35)36-28(3,4)5)17(2)23-24(20)32(16)13-14-33(23)27-30-11-6-12-31-27/h6-12,15,25H,13-14H2,1-5H3,(H,34,35)/t25-/m0/s1. The number of halogens is 1. The molecule has 1 aliphatic heterocycles. The van der Waals surface area contributed by atoms with Crippen LogP contribution >= 0.6 is 0 Å². The van der Waals surface area contributed by atoms with E-state index in [2.05, 4.69) is 20.6 Å². The van der Waals surface area contributed by atoms with Gasteiger partial charge < -0.3 is 19.3 Å². The van der Waals surface area contributed by atoms with E-state index in [1.165, 1.54) is 12.1 Å². The van der Waals surface area contributed by atoms with Gasteiger partial charge in [0.25, 0.3) is 0 Å². The van der Waals surface area contributed by atoms with Crippen molar-refractivity contribution in [1.29, 1.82) is 0 Å². The minimum atomic E-state index is -1.24. The van der Waals surface area contributed by atoms with Crippen LogP contribution in [-0.2, 0) is 16.1 Å². The number of rotatable bonds is 5. The van der Waals surface area contributed by atoms with Gasteiger partial charge >= 0.3 is 5.97 Å². The van der Waals surface area contributed by atoms with Crippen LogP contribution in [0.25, 0.3) is 22.0 Å². The van der Waals surface area contributed by atoms with Crippen LogP contribution in [0.15, 0.2) is 48.8 Å². The largest absolute Gasteiger partial charge is 0.479 e. The molecule has 3 heterocycles. The van der Waals surface area contributed by atoms with Crippen molar-refractivity contribution >= 4 is 28.5 Å². The van der Waals surface area contributed by atoms with Crippen LogP contribution in [0.2, 0.25) is 0 Å². The summed E-state index contributed by atoms with van der Waals surface area (Å²) in [7, 11) is 0. The minimum absolute atomic E-state index is 0.354. The number of carboxylic acid groups (broad SMARTS) is 1. The van der Waals surface area contributed by atoms with Crippen LogP contribution in [0.1, 0.15) is 43.7 Å². The molecule has 1 N–H and O–H groups in total. The van der Waals surface area contributed by atoms with Gasteiger partial charge in [-0.25, -0.2) is 19.2 Å². The third-order valence-electron chi connectivity index (χ3n) is 6.53. The fourth-order valence-electron chi connectivity index (χ4n) is 5.16. The summed E-state index contributed by atoms with van der Waals surface area (Å²) in [4.78, 5) is 23.7. The number of hydrogen-bond acceptors (Lipinski definition) is 5. The number of aliphatic carboxylic acids is 1. The highest BCUT2D eigenvalue weighted by molar-refractivity contribution is 6.08. The van der Waals surface area contributed by atoms with Gasteiger partial charge in [0.1, 0.15) is 5.82 Å². The Labute approximate surface area is 209 Å². The number of aromatic nitrogens is 3. The molecule has 1 aliphatic rings. The number of aryl methyl sites for hydroxylation is 1. The molecule has 0 spiro atoms. The lowest BCUT2D eigenvalue weighted by atomic mass is 9.87. The van der Waals surface area contributed by atoms with Crippen LogP contribution in [0.4, 0.5) is 16.0 Å². The van der Waals surface area contributed by atoms with Crippen molar-refractivity contribution < 1.29 is 19.0 Å². The Balaban J connectivity index is 1.92. The van der Waals surface area contributed by atoms with Gasteiger partial charge in [0, 0.05) is 42.1 Å². The normalized spacial score (nSPS) is 14.3. The first-order chi connectivity index (χ1) is 17.1. The summed E-state index contributed by atoms with van der Waals surface area (Å²) in [6.07, 6.45) is 2.16. The highest BCUT2D eigenvalue weighted by atomic mass is 19.1. The first-order valence-electron chi connectivity index (χ1n) is 11.9. The maximum atomic E-state index is 13.9. The lowest BCUT2D eigenvalue weighted by Crippen LogP contribution is -2.32. The Morgan fingerprint density at radius 1 is 1.11 bits per heavy atom. The molecule has 0 aliphatic carbocycles. The molecule has 0 amide bonds. The molecular formula is C28H29FN4O3. The van der Waals surface area contributed by atoms with Gasteiger partial charge in [-0.05, 0) is 75.6 Å². The zero-order valence-corrected chi connectivity index (χ0v) is 21.0. The SMILES string of the molecule is Cc1c([C@H](OC(C)(C)C)C(=O)O)c(-c2ccc(F)cc2)c2cc(C)n3c2c1N(c1ncccn1)CC3. The number of anilines is 2. The van der Waals surface area contributed by atoms with Gasteiger partial charge in [0.2, 0.25) is 5.95 Å². The molecule has 1 atom stereocenters. The van der Waals surface area contributed by atoms with Crippen LogP contribution in [0.5, 0.6) is 0 Å². The maximum absolute atomic E-state index is 13.9. The second kappa shape index (κ2) is 8.71. The van der Waals surface area contributed by atoms with Crippen LogP contribution in [-0.4, -0.2) is 37.8 Å².